The predicted molar refractivity (Wildman–Crippen MR) is 87.6 cm³/mol. The zero-order valence-electron chi connectivity index (χ0n) is 12.3. The van der Waals surface area contributed by atoms with E-state index in [2.05, 4.69) is 30.1 Å². The highest BCUT2D eigenvalue weighted by molar-refractivity contribution is 6.42. The number of rotatable bonds is 5. The Hall–Kier alpha value is -0.280. The molecule has 1 N–H and O–H groups in total. The van der Waals surface area contributed by atoms with Gasteiger partial charge in [0.05, 0.1) is 10.0 Å². The van der Waals surface area contributed by atoms with E-state index >= 15 is 0 Å². The number of hydrogen-bond acceptors (Lipinski definition) is 2. The number of piperidine rings is 1. The molecule has 0 bridgehead atoms. The van der Waals surface area contributed by atoms with Gasteiger partial charge < -0.3 is 5.32 Å². The fraction of sp³-hybridized carbons (Fsp3) is 0.625. The van der Waals surface area contributed by atoms with Crippen LogP contribution in [0.1, 0.15) is 38.7 Å². The molecule has 0 aliphatic carbocycles. The molecule has 0 radical (unpaired) electrons. The fourth-order valence-electron chi connectivity index (χ4n) is 2.74. The van der Waals surface area contributed by atoms with Gasteiger partial charge in [0.2, 0.25) is 0 Å². The quantitative estimate of drug-likeness (QED) is 0.869. The zero-order chi connectivity index (χ0) is 14.5. The van der Waals surface area contributed by atoms with Crippen molar-refractivity contribution in [2.45, 2.75) is 51.7 Å². The molecule has 1 heterocycles. The van der Waals surface area contributed by atoms with Crippen LogP contribution in [0.2, 0.25) is 10.0 Å². The molecule has 0 amide bonds. The van der Waals surface area contributed by atoms with Crippen molar-refractivity contribution >= 4 is 23.2 Å². The van der Waals surface area contributed by atoms with Crippen LogP contribution in [0.15, 0.2) is 18.2 Å². The third-order valence-electron chi connectivity index (χ3n) is 3.88. The second-order valence-corrected chi connectivity index (χ2v) is 6.75. The predicted octanol–water partition coefficient (Wildman–Crippen LogP) is 4.35. The second-order valence-electron chi connectivity index (χ2n) is 5.93. The molecule has 1 atom stereocenters. The Labute approximate surface area is 132 Å². The van der Waals surface area contributed by atoms with E-state index < -0.39 is 0 Å². The number of nitrogens with one attached hydrogen (secondary N) is 1. The van der Waals surface area contributed by atoms with Crippen molar-refractivity contribution in [2.75, 3.05) is 13.1 Å². The number of benzene rings is 1. The number of likely N-dealkylation sites (tertiary alicyclic amines) is 1. The van der Waals surface area contributed by atoms with E-state index in [0.717, 1.165) is 13.1 Å². The highest BCUT2D eigenvalue weighted by Crippen LogP contribution is 2.25. The highest BCUT2D eigenvalue weighted by Gasteiger charge is 2.22. The van der Waals surface area contributed by atoms with Crippen LogP contribution in [-0.2, 0) is 6.54 Å². The molecule has 112 valence electrons. The van der Waals surface area contributed by atoms with Crippen LogP contribution < -0.4 is 5.32 Å². The SMILES string of the molecule is CC(C)NCC1CCCCN1Cc1ccc(Cl)c(Cl)c1. The Morgan fingerprint density at radius 1 is 1.25 bits per heavy atom. The molecule has 1 aliphatic rings. The van der Waals surface area contributed by atoms with Gasteiger partial charge in [-0.2, -0.15) is 0 Å². The van der Waals surface area contributed by atoms with E-state index in [1.54, 1.807) is 0 Å². The van der Waals surface area contributed by atoms with E-state index in [-0.39, 0.29) is 0 Å². The van der Waals surface area contributed by atoms with Crippen molar-refractivity contribution in [3.05, 3.63) is 33.8 Å². The molecule has 20 heavy (non-hydrogen) atoms. The summed E-state index contributed by atoms with van der Waals surface area (Å²) in [6.45, 7) is 7.60. The molecule has 0 saturated carbocycles. The second kappa shape index (κ2) is 7.65. The van der Waals surface area contributed by atoms with E-state index in [1.165, 1.54) is 31.4 Å². The Morgan fingerprint density at radius 3 is 2.75 bits per heavy atom. The first kappa shape index (κ1) is 16.1. The average molecular weight is 315 g/mol. The normalized spacial score (nSPS) is 20.6. The van der Waals surface area contributed by atoms with Crippen LogP contribution >= 0.6 is 23.2 Å². The first-order chi connectivity index (χ1) is 9.56. The van der Waals surface area contributed by atoms with E-state index in [1.807, 2.05) is 12.1 Å². The molecule has 2 rings (SSSR count). The van der Waals surface area contributed by atoms with E-state index in [4.69, 9.17) is 23.2 Å². The molecular weight excluding hydrogens is 291 g/mol. The summed E-state index contributed by atoms with van der Waals surface area (Å²) in [5.41, 5.74) is 1.25. The molecular formula is C16H24Cl2N2. The van der Waals surface area contributed by atoms with Crippen LogP contribution in [0, 0.1) is 0 Å². The molecule has 0 spiro atoms. The van der Waals surface area contributed by atoms with Gasteiger partial charge in [0.15, 0.2) is 0 Å². The Kier molecular flexibility index (Phi) is 6.16. The number of nitrogens with zero attached hydrogens (tertiary/aromatic N) is 1. The maximum Gasteiger partial charge on any atom is 0.0595 e. The van der Waals surface area contributed by atoms with Crippen molar-refractivity contribution in [1.82, 2.24) is 10.2 Å². The van der Waals surface area contributed by atoms with Gasteiger partial charge in [0.1, 0.15) is 0 Å². The minimum atomic E-state index is 0.545. The highest BCUT2D eigenvalue weighted by atomic mass is 35.5. The van der Waals surface area contributed by atoms with Gasteiger partial charge >= 0.3 is 0 Å². The van der Waals surface area contributed by atoms with Crippen molar-refractivity contribution in [3.63, 3.8) is 0 Å². The lowest BCUT2D eigenvalue weighted by Crippen LogP contribution is -2.46. The summed E-state index contributed by atoms with van der Waals surface area (Å²) < 4.78 is 0. The molecule has 0 aromatic heterocycles. The van der Waals surface area contributed by atoms with Crippen LogP contribution in [0.25, 0.3) is 0 Å². The number of hydrogen-bond donors (Lipinski definition) is 1. The lowest BCUT2D eigenvalue weighted by molar-refractivity contribution is 0.136. The van der Waals surface area contributed by atoms with Gasteiger partial charge in [0.25, 0.3) is 0 Å². The molecule has 2 nitrogen and oxygen atoms in total. The maximum absolute atomic E-state index is 6.11. The lowest BCUT2D eigenvalue weighted by atomic mass is 10.0. The third kappa shape index (κ3) is 4.63. The first-order valence-corrected chi connectivity index (χ1v) is 8.23. The van der Waals surface area contributed by atoms with Gasteiger partial charge in [-0.1, -0.05) is 49.5 Å². The van der Waals surface area contributed by atoms with Crippen molar-refractivity contribution in [2.24, 2.45) is 0 Å². The van der Waals surface area contributed by atoms with Gasteiger partial charge in [-0.25, -0.2) is 0 Å². The smallest absolute Gasteiger partial charge is 0.0595 e. The monoisotopic (exact) mass is 314 g/mol. The molecule has 1 aromatic carbocycles. The average Bonchev–Trinajstić information content (AvgIpc) is 2.42. The van der Waals surface area contributed by atoms with Gasteiger partial charge in [-0.05, 0) is 37.1 Å². The van der Waals surface area contributed by atoms with Gasteiger partial charge in [0, 0.05) is 25.2 Å². The summed E-state index contributed by atoms with van der Waals surface area (Å²) in [7, 11) is 0. The van der Waals surface area contributed by atoms with Crippen LogP contribution in [0.4, 0.5) is 0 Å². The molecule has 1 aromatic rings. The van der Waals surface area contributed by atoms with Gasteiger partial charge in [-0.15, -0.1) is 0 Å². The molecule has 1 saturated heterocycles. The summed E-state index contributed by atoms with van der Waals surface area (Å²) in [6, 6.07) is 7.13. The Balaban J connectivity index is 1.98. The molecule has 1 fully saturated rings. The topological polar surface area (TPSA) is 15.3 Å². The van der Waals surface area contributed by atoms with Crippen LogP contribution in [0.5, 0.6) is 0 Å². The third-order valence-corrected chi connectivity index (χ3v) is 4.62. The van der Waals surface area contributed by atoms with E-state index in [9.17, 15) is 0 Å². The molecule has 1 unspecified atom stereocenters. The summed E-state index contributed by atoms with van der Waals surface area (Å²) in [5.74, 6) is 0. The first-order valence-electron chi connectivity index (χ1n) is 7.47. The fourth-order valence-corrected chi connectivity index (χ4v) is 3.06. The van der Waals surface area contributed by atoms with Crippen LogP contribution in [-0.4, -0.2) is 30.1 Å². The number of halogens is 2. The van der Waals surface area contributed by atoms with E-state index in [0.29, 0.717) is 22.1 Å². The van der Waals surface area contributed by atoms with Crippen molar-refractivity contribution in [3.8, 4) is 0 Å². The summed E-state index contributed by atoms with van der Waals surface area (Å²) >= 11 is 12.1. The van der Waals surface area contributed by atoms with Crippen molar-refractivity contribution in [1.29, 1.82) is 0 Å². The minimum absolute atomic E-state index is 0.545. The van der Waals surface area contributed by atoms with Crippen LogP contribution in [0.3, 0.4) is 0 Å². The summed E-state index contributed by atoms with van der Waals surface area (Å²) in [4.78, 5) is 2.57. The zero-order valence-corrected chi connectivity index (χ0v) is 13.8. The summed E-state index contributed by atoms with van der Waals surface area (Å²) in [5, 5.41) is 4.85. The van der Waals surface area contributed by atoms with Gasteiger partial charge in [-0.3, -0.25) is 4.90 Å². The molecule has 4 heteroatoms. The minimum Gasteiger partial charge on any atom is -0.313 e. The standard InChI is InChI=1S/C16H24Cl2N2/c1-12(2)19-10-14-5-3-4-8-20(14)11-13-6-7-15(17)16(18)9-13/h6-7,9,12,14,19H,3-5,8,10-11H2,1-2H3. The summed E-state index contributed by atoms with van der Waals surface area (Å²) in [6.07, 6.45) is 3.91. The Morgan fingerprint density at radius 2 is 2.05 bits per heavy atom. The Bertz CT molecular complexity index is 434. The van der Waals surface area contributed by atoms with Crippen molar-refractivity contribution < 1.29 is 0 Å². The molecule has 1 aliphatic heterocycles. The lowest BCUT2D eigenvalue weighted by Gasteiger charge is -2.36. The largest absolute Gasteiger partial charge is 0.313 e. The maximum atomic E-state index is 6.11.